The Morgan fingerprint density at radius 3 is 2.73 bits per heavy atom. The SMILES string of the molecule is CC(C)C(OC(=O)Cc1cccc2ccccc12)C1CC(c2ccc(Br)cn2)=NO1. The average Bonchev–Trinajstić information content (AvgIpc) is 3.22. The molecule has 1 aromatic heterocycles. The quantitative estimate of drug-likeness (QED) is 0.462. The highest BCUT2D eigenvalue weighted by Gasteiger charge is 2.35. The first-order valence-electron chi connectivity index (χ1n) is 10.0. The first-order chi connectivity index (χ1) is 14.5. The second-order valence-corrected chi connectivity index (χ2v) is 8.68. The maximum atomic E-state index is 12.8. The highest BCUT2D eigenvalue weighted by molar-refractivity contribution is 9.10. The normalized spacial score (nSPS) is 16.9. The molecule has 5 nitrogen and oxygen atoms in total. The molecule has 6 heteroatoms. The van der Waals surface area contributed by atoms with Crippen LogP contribution < -0.4 is 0 Å². The number of oxime groups is 1. The zero-order chi connectivity index (χ0) is 21.1. The van der Waals surface area contributed by atoms with Crippen molar-refractivity contribution in [2.24, 2.45) is 11.1 Å². The van der Waals surface area contributed by atoms with Crippen LogP contribution in [0.1, 0.15) is 31.5 Å². The predicted molar refractivity (Wildman–Crippen MR) is 120 cm³/mol. The van der Waals surface area contributed by atoms with E-state index in [1.165, 1.54) is 0 Å². The lowest BCUT2D eigenvalue weighted by atomic mass is 9.97. The molecule has 2 heterocycles. The number of halogens is 1. The van der Waals surface area contributed by atoms with Crippen LogP contribution >= 0.6 is 15.9 Å². The number of ether oxygens (including phenoxy) is 1. The molecule has 0 fully saturated rings. The van der Waals surface area contributed by atoms with Gasteiger partial charge in [0.1, 0.15) is 11.8 Å². The summed E-state index contributed by atoms with van der Waals surface area (Å²) in [5.74, 6) is -0.164. The first kappa shape index (κ1) is 20.5. The standard InChI is InChI=1S/C24H23BrN2O3/c1-15(2)24(22-13-21(27-30-22)20-11-10-18(25)14-26-20)29-23(28)12-17-8-5-7-16-6-3-4-9-19(16)17/h3-11,14-15,22,24H,12-13H2,1-2H3. The molecule has 0 saturated heterocycles. The highest BCUT2D eigenvalue weighted by atomic mass is 79.9. The molecular formula is C24H23BrN2O3. The number of nitrogens with zero attached hydrogens (tertiary/aromatic N) is 2. The lowest BCUT2D eigenvalue weighted by Crippen LogP contribution is -2.36. The molecule has 0 aliphatic carbocycles. The molecule has 1 aliphatic heterocycles. The topological polar surface area (TPSA) is 60.8 Å². The van der Waals surface area contributed by atoms with Crippen molar-refractivity contribution >= 4 is 38.4 Å². The van der Waals surface area contributed by atoms with Gasteiger partial charge in [-0.25, -0.2) is 0 Å². The molecule has 4 rings (SSSR count). The van der Waals surface area contributed by atoms with E-state index in [-0.39, 0.29) is 30.5 Å². The van der Waals surface area contributed by atoms with Crippen molar-refractivity contribution in [3.05, 3.63) is 76.5 Å². The summed E-state index contributed by atoms with van der Waals surface area (Å²) in [5.41, 5.74) is 2.50. The third kappa shape index (κ3) is 4.54. The summed E-state index contributed by atoms with van der Waals surface area (Å²) in [6.45, 7) is 4.05. The van der Waals surface area contributed by atoms with Crippen molar-refractivity contribution in [1.29, 1.82) is 0 Å². The smallest absolute Gasteiger partial charge is 0.310 e. The first-order valence-corrected chi connectivity index (χ1v) is 10.8. The van der Waals surface area contributed by atoms with Gasteiger partial charge in [0, 0.05) is 17.1 Å². The zero-order valence-electron chi connectivity index (χ0n) is 16.9. The van der Waals surface area contributed by atoms with E-state index in [4.69, 9.17) is 9.57 Å². The predicted octanol–water partition coefficient (Wildman–Crippen LogP) is 5.30. The van der Waals surface area contributed by atoms with Crippen LogP contribution in [0.25, 0.3) is 10.8 Å². The lowest BCUT2D eigenvalue weighted by molar-refractivity contribution is -0.159. The number of hydrogen-bond acceptors (Lipinski definition) is 5. The van der Waals surface area contributed by atoms with E-state index in [0.717, 1.165) is 32.2 Å². The van der Waals surface area contributed by atoms with E-state index in [9.17, 15) is 4.79 Å². The number of aromatic nitrogens is 1. The summed E-state index contributed by atoms with van der Waals surface area (Å²) in [5, 5.41) is 6.38. The highest BCUT2D eigenvalue weighted by Crippen LogP contribution is 2.26. The van der Waals surface area contributed by atoms with Crippen LogP contribution in [-0.2, 0) is 20.8 Å². The fourth-order valence-electron chi connectivity index (χ4n) is 3.71. The van der Waals surface area contributed by atoms with Gasteiger partial charge in [-0.2, -0.15) is 0 Å². The molecule has 0 spiro atoms. The summed E-state index contributed by atoms with van der Waals surface area (Å²) in [7, 11) is 0. The van der Waals surface area contributed by atoms with E-state index >= 15 is 0 Å². The van der Waals surface area contributed by atoms with Gasteiger partial charge in [0.15, 0.2) is 6.10 Å². The van der Waals surface area contributed by atoms with Crippen LogP contribution in [0.5, 0.6) is 0 Å². The van der Waals surface area contributed by atoms with Crippen LogP contribution in [0.3, 0.4) is 0 Å². The number of rotatable bonds is 6. The molecule has 0 radical (unpaired) electrons. The van der Waals surface area contributed by atoms with Gasteiger partial charge in [-0.15, -0.1) is 0 Å². The molecule has 1 aliphatic rings. The van der Waals surface area contributed by atoms with Gasteiger partial charge >= 0.3 is 5.97 Å². The van der Waals surface area contributed by atoms with Gasteiger partial charge in [0.25, 0.3) is 0 Å². The van der Waals surface area contributed by atoms with Crippen molar-refractivity contribution in [1.82, 2.24) is 4.98 Å². The Balaban J connectivity index is 1.44. The van der Waals surface area contributed by atoms with E-state index in [0.29, 0.717) is 6.42 Å². The number of carbonyl (C=O) groups is 1. The molecular weight excluding hydrogens is 444 g/mol. The monoisotopic (exact) mass is 466 g/mol. The third-order valence-electron chi connectivity index (χ3n) is 5.22. The van der Waals surface area contributed by atoms with Gasteiger partial charge in [0.05, 0.1) is 12.1 Å². The van der Waals surface area contributed by atoms with Crippen molar-refractivity contribution in [2.45, 2.75) is 38.9 Å². The minimum Gasteiger partial charge on any atom is -0.458 e. The van der Waals surface area contributed by atoms with Gasteiger partial charge < -0.3 is 9.57 Å². The fraction of sp³-hybridized carbons (Fsp3) is 0.292. The zero-order valence-corrected chi connectivity index (χ0v) is 18.5. The summed E-state index contributed by atoms with van der Waals surface area (Å²) in [6, 6.07) is 17.9. The third-order valence-corrected chi connectivity index (χ3v) is 5.69. The second-order valence-electron chi connectivity index (χ2n) is 7.76. The number of benzene rings is 2. The lowest BCUT2D eigenvalue weighted by Gasteiger charge is -2.25. The van der Waals surface area contributed by atoms with E-state index < -0.39 is 0 Å². The number of carbonyl (C=O) groups excluding carboxylic acids is 1. The summed E-state index contributed by atoms with van der Waals surface area (Å²) in [6.07, 6.45) is 1.80. The number of pyridine rings is 1. The molecule has 0 amide bonds. The molecule has 0 bridgehead atoms. The maximum absolute atomic E-state index is 12.8. The van der Waals surface area contributed by atoms with Crippen molar-refractivity contribution in [3.63, 3.8) is 0 Å². The molecule has 154 valence electrons. The van der Waals surface area contributed by atoms with E-state index in [1.807, 2.05) is 68.4 Å². The maximum Gasteiger partial charge on any atom is 0.310 e. The minimum absolute atomic E-state index is 0.0962. The van der Waals surface area contributed by atoms with Crippen molar-refractivity contribution in [3.8, 4) is 0 Å². The summed E-state index contributed by atoms with van der Waals surface area (Å²) < 4.78 is 6.79. The van der Waals surface area contributed by atoms with Crippen molar-refractivity contribution in [2.75, 3.05) is 0 Å². The van der Waals surface area contributed by atoms with E-state index in [2.05, 4.69) is 26.1 Å². The Hall–Kier alpha value is -2.73. The largest absolute Gasteiger partial charge is 0.458 e. The van der Waals surface area contributed by atoms with Crippen LogP contribution in [-0.4, -0.2) is 28.9 Å². The number of esters is 1. The van der Waals surface area contributed by atoms with Crippen LogP contribution in [0.15, 0.2) is 70.4 Å². The molecule has 30 heavy (non-hydrogen) atoms. The molecule has 0 N–H and O–H groups in total. The Labute approximate surface area is 184 Å². The van der Waals surface area contributed by atoms with Gasteiger partial charge in [-0.1, -0.05) is 61.5 Å². The molecule has 3 aromatic rings. The molecule has 0 saturated carbocycles. The molecule has 2 aromatic carbocycles. The minimum atomic E-state index is -0.385. The van der Waals surface area contributed by atoms with Gasteiger partial charge in [0.2, 0.25) is 0 Å². The van der Waals surface area contributed by atoms with Gasteiger partial charge in [-0.05, 0) is 50.3 Å². The van der Waals surface area contributed by atoms with Gasteiger partial charge in [-0.3, -0.25) is 9.78 Å². The number of fused-ring (bicyclic) bond motifs is 1. The molecule has 2 atom stereocenters. The average molecular weight is 467 g/mol. The second kappa shape index (κ2) is 8.96. The van der Waals surface area contributed by atoms with Crippen LogP contribution in [0, 0.1) is 5.92 Å². The van der Waals surface area contributed by atoms with E-state index in [1.54, 1.807) is 6.20 Å². The Bertz CT molecular complexity index is 1070. The molecule has 2 unspecified atom stereocenters. The Kier molecular flexibility index (Phi) is 6.13. The Morgan fingerprint density at radius 2 is 1.97 bits per heavy atom. The number of hydrogen-bond donors (Lipinski definition) is 0. The van der Waals surface area contributed by atoms with Crippen molar-refractivity contribution < 1.29 is 14.4 Å². The fourth-order valence-corrected chi connectivity index (χ4v) is 3.94. The summed E-state index contributed by atoms with van der Waals surface area (Å²) >= 11 is 3.39. The van der Waals surface area contributed by atoms with Crippen LogP contribution in [0.2, 0.25) is 0 Å². The Morgan fingerprint density at radius 1 is 1.17 bits per heavy atom. The van der Waals surface area contributed by atoms with Crippen LogP contribution in [0.4, 0.5) is 0 Å². The summed E-state index contributed by atoms with van der Waals surface area (Å²) in [4.78, 5) is 22.8.